The van der Waals surface area contributed by atoms with Crippen LogP contribution in [-0.4, -0.2) is 91.5 Å². The average Bonchev–Trinajstić information content (AvgIpc) is 3.57. The van der Waals surface area contributed by atoms with E-state index in [2.05, 4.69) is 10.2 Å². The number of hydrazone groups is 1. The van der Waals surface area contributed by atoms with E-state index < -0.39 is 0 Å². The summed E-state index contributed by atoms with van der Waals surface area (Å²) in [6.07, 6.45) is 0.582. The molecule has 4 rings (SSSR count). The lowest BCUT2D eigenvalue weighted by molar-refractivity contribution is -0.133. The number of nitrogens with one attached hydrogen (secondary N) is 1. The van der Waals surface area contributed by atoms with Crippen LogP contribution in [0.1, 0.15) is 36.8 Å². The Bertz CT molecular complexity index is 1050. The van der Waals surface area contributed by atoms with Crippen molar-refractivity contribution < 1.29 is 19.1 Å². The highest BCUT2D eigenvalue weighted by Gasteiger charge is 2.36. The summed E-state index contributed by atoms with van der Waals surface area (Å²) in [5.74, 6) is 0.489. The Kier molecular flexibility index (Phi) is 8.95. The minimum atomic E-state index is -0.306. The molecule has 0 bridgehead atoms. The molecular formula is C26H35N5O4S. The standard InChI is InChI=1S/C26H35N5O4S/c1-19(2)27-26(33)30(11-10-29-12-14-35-15-13-29)18-25(32)31-22(20-7-4-5-8-23(20)34-3)17-21(28-31)24-9-6-16-36-24/h4-9,16,19,22H,10-15,17-18H2,1-3H3,(H,27,33)/t22-/m1/s1. The molecule has 2 aliphatic rings. The summed E-state index contributed by atoms with van der Waals surface area (Å²) in [5, 5.41) is 11.2. The van der Waals surface area contributed by atoms with E-state index in [1.165, 1.54) is 5.01 Å². The van der Waals surface area contributed by atoms with Gasteiger partial charge in [0.2, 0.25) is 0 Å². The number of thiophene rings is 1. The molecule has 194 valence electrons. The zero-order valence-electron chi connectivity index (χ0n) is 21.2. The van der Waals surface area contributed by atoms with Gasteiger partial charge in [0.25, 0.3) is 5.91 Å². The molecule has 1 atom stereocenters. The van der Waals surface area contributed by atoms with Crippen LogP contribution in [0, 0.1) is 0 Å². The van der Waals surface area contributed by atoms with Crippen LogP contribution in [0.25, 0.3) is 0 Å². The van der Waals surface area contributed by atoms with Gasteiger partial charge in [-0.25, -0.2) is 9.80 Å². The van der Waals surface area contributed by atoms with Gasteiger partial charge in [-0.2, -0.15) is 5.10 Å². The fraction of sp³-hybridized carbons (Fsp3) is 0.500. The molecule has 0 saturated carbocycles. The summed E-state index contributed by atoms with van der Waals surface area (Å²) in [6, 6.07) is 11.1. The van der Waals surface area contributed by atoms with Crippen molar-refractivity contribution in [3.05, 3.63) is 52.2 Å². The van der Waals surface area contributed by atoms with E-state index in [0.29, 0.717) is 38.5 Å². The second-order valence-corrected chi connectivity index (χ2v) is 10.2. The molecule has 2 aromatic rings. The van der Waals surface area contributed by atoms with Gasteiger partial charge < -0.3 is 19.7 Å². The number of hydrogen-bond acceptors (Lipinski definition) is 7. The molecule has 1 aromatic carbocycles. The summed E-state index contributed by atoms with van der Waals surface area (Å²) in [4.78, 5) is 31.6. The molecule has 0 unspecified atom stereocenters. The molecule has 1 N–H and O–H groups in total. The van der Waals surface area contributed by atoms with Crippen LogP contribution in [0.4, 0.5) is 4.79 Å². The molecule has 9 nitrogen and oxygen atoms in total. The van der Waals surface area contributed by atoms with Crippen molar-refractivity contribution in [2.75, 3.05) is 53.0 Å². The predicted molar refractivity (Wildman–Crippen MR) is 141 cm³/mol. The summed E-state index contributed by atoms with van der Waals surface area (Å²) in [5.41, 5.74) is 1.76. The molecule has 10 heteroatoms. The molecule has 1 fully saturated rings. The maximum atomic E-state index is 13.7. The van der Waals surface area contributed by atoms with Crippen LogP contribution in [0.2, 0.25) is 0 Å². The molecule has 3 amide bonds. The molecule has 0 spiro atoms. The summed E-state index contributed by atoms with van der Waals surface area (Å²) >= 11 is 1.60. The van der Waals surface area contributed by atoms with Crippen LogP contribution in [-0.2, 0) is 9.53 Å². The first-order valence-corrected chi connectivity index (χ1v) is 13.3. The van der Waals surface area contributed by atoms with Gasteiger partial charge in [-0.05, 0) is 31.4 Å². The lowest BCUT2D eigenvalue weighted by Crippen LogP contribution is -2.50. The minimum absolute atomic E-state index is 0.0324. The molecule has 36 heavy (non-hydrogen) atoms. The average molecular weight is 514 g/mol. The normalized spacial score (nSPS) is 18.3. The van der Waals surface area contributed by atoms with Crippen molar-refractivity contribution in [1.82, 2.24) is 20.1 Å². The quantitative estimate of drug-likeness (QED) is 0.557. The van der Waals surface area contributed by atoms with Crippen molar-refractivity contribution in [3.63, 3.8) is 0 Å². The Hall–Kier alpha value is -2.95. The number of rotatable bonds is 9. The third kappa shape index (κ3) is 6.43. The lowest BCUT2D eigenvalue weighted by Gasteiger charge is -2.31. The zero-order valence-corrected chi connectivity index (χ0v) is 22.0. The number of amides is 3. The number of benzene rings is 1. The monoisotopic (exact) mass is 513 g/mol. The third-order valence-corrected chi connectivity index (χ3v) is 7.20. The Morgan fingerprint density at radius 3 is 2.69 bits per heavy atom. The molecule has 0 aliphatic carbocycles. The number of urea groups is 1. The van der Waals surface area contributed by atoms with Gasteiger partial charge >= 0.3 is 6.03 Å². The SMILES string of the molecule is COc1ccccc1[C@H]1CC(c2cccs2)=NN1C(=O)CN(CCN1CCOCC1)C(=O)NC(C)C. The van der Waals surface area contributed by atoms with E-state index in [1.54, 1.807) is 23.3 Å². The number of morpholine rings is 1. The van der Waals surface area contributed by atoms with E-state index in [4.69, 9.17) is 14.6 Å². The van der Waals surface area contributed by atoms with Gasteiger partial charge in [0.1, 0.15) is 12.3 Å². The van der Waals surface area contributed by atoms with Crippen molar-refractivity contribution in [1.29, 1.82) is 0 Å². The number of methoxy groups -OCH3 is 1. The van der Waals surface area contributed by atoms with Crippen LogP contribution in [0.5, 0.6) is 5.75 Å². The highest BCUT2D eigenvalue weighted by molar-refractivity contribution is 7.12. The smallest absolute Gasteiger partial charge is 0.318 e. The lowest BCUT2D eigenvalue weighted by atomic mass is 10.00. The summed E-state index contributed by atoms with van der Waals surface area (Å²) in [7, 11) is 1.63. The first-order valence-electron chi connectivity index (χ1n) is 12.4. The summed E-state index contributed by atoms with van der Waals surface area (Å²) in [6.45, 7) is 7.91. The van der Waals surface area contributed by atoms with Crippen LogP contribution in [0.15, 0.2) is 46.9 Å². The minimum Gasteiger partial charge on any atom is -0.496 e. The Morgan fingerprint density at radius 2 is 2.00 bits per heavy atom. The molecule has 2 aliphatic heterocycles. The molecule has 1 saturated heterocycles. The van der Waals surface area contributed by atoms with E-state index in [9.17, 15) is 9.59 Å². The predicted octanol–water partition coefficient (Wildman–Crippen LogP) is 3.19. The van der Waals surface area contributed by atoms with Gasteiger partial charge in [-0.15, -0.1) is 11.3 Å². The van der Waals surface area contributed by atoms with Crippen molar-refractivity contribution in [3.8, 4) is 5.75 Å². The summed E-state index contributed by atoms with van der Waals surface area (Å²) < 4.78 is 11.0. The fourth-order valence-corrected chi connectivity index (χ4v) is 5.15. The highest BCUT2D eigenvalue weighted by atomic mass is 32.1. The van der Waals surface area contributed by atoms with Gasteiger partial charge in [0.05, 0.1) is 37.0 Å². The number of ether oxygens (including phenoxy) is 2. The maximum absolute atomic E-state index is 13.7. The van der Waals surface area contributed by atoms with Crippen LogP contribution >= 0.6 is 11.3 Å². The second kappa shape index (κ2) is 12.3. The van der Waals surface area contributed by atoms with E-state index in [1.807, 2.05) is 55.6 Å². The van der Waals surface area contributed by atoms with Gasteiger partial charge in [0, 0.05) is 44.2 Å². The topological polar surface area (TPSA) is 86.7 Å². The molecule has 0 radical (unpaired) electrons. The third-order valence-electron chi connectivity index (χ3n) is 6.28. The Labute approximate surface area is 216 Å². The zero-order chi connectivity index (χ0) is 25.5. The Balaban J connectivity index is 1.55. The van der Waals surface area contributed by atoms with Crippen LogP contribution < -0.4 is 10.1 Å². The van der Waals surface area contributed by atoms with Gasteiger partial charge in [-0.3, -0.25) is 9.69 Å². The Morgan fingerprint density at radius 1 is 1.22 bits per heavy atom. The maximum Gasteiger partial charge on any atom is 0.318 e. The molecular weight excluding hydrogens is 478 g/mol. The number of nitrogens with zero attached hydrogens (tertiary/aromatic N) is 4. The van der Waals surface area contributed by atoms with Crippen molar-refractivity contribution in [2.45, 2.75) is 32.4 Å². The highest BCUT2D eigenvalue weighted by Crippen LogP contribution is 2.38. The fourth-order valence-electron chi connectivity index (χ4n) is 4.43. The first kappa shape index (κ1) is 26.1. The first-order chi connectivity index (χ1) is 17.5. The number of carbonyl (C=O) groups excluding carboxylic acids is 2. The van der Waals surface area contributed by atoms with Gasteiger partial charge in [0.15, 0.2) is 0 Å². The second-order valence-electron chi connectivity index (χ2n) is 9.20. The van der Waals surface area contributed by atoms with Gasteiger partial charge in [-0.1, -0.05) is 24.3 Å². The van der Waals surface area contributed by atoms with Crippen molar-refractivity contribution >= 4 is 29.0 Å². The number of hydrogen-bond donors (Lipinski definition) is 1. The van der Waals surface area contributed by atoms with E-state index in [-0.39, 0.29) is 30.6 Å². The molecule has 3 heterocycles. The van der Waals surface area contributed by atoms with Crippen LogP contribution in [0.3, 0.4) is 0 Å². The number of para-hydroxylation sites is 1. The molecule has 1 aromatic heterocycles. The van der Waals surface area contributed by atoms with E-state index in [0.717, 1.165) is 29.2 Å². The largest absolute Gasteiger partial charge is 0.496 e. The van der Waals surface area contributed by atoms with Crippen molar-refractivity contribution in [2.24, 2.45) is 5.10 Å². The van der Waals surface area contributed by atoms with E-state index >= 15 is 0 Å². The number of carbonyl (C=O) groups is 2.